The molecule has 0 saturated heterocycles. The smallest absolute Gasteiger partial charge is 0.343 e. The molecule has 0 fully saturated rings. The lowest BCUT2D eigenvalue weighted by Gasteiger charge is -2.05. The zero-order valence-corrected chi connectivity index (χ0v) is 8.80. The Labute approximate surface area is 91.2 Å². The molecule has 0 saturated carbocycles. The van der Waals surface area contributed by atoms with Crippen LogP contribution in [0.3, 0.4) is 0 Å². The zero-order valence-electron chi connectivity index (χ0n) is 8.80. The number of aromatic nitrogens is 1. The van der Waals surface area contributed by atoms with Crippen LogP contribution in [0.15, 0.2) is 12.3 Å². The predicted octanol–water partition coefficient (Wildman–Crippen LogP) is 1.18. The molecule has 0 aliphatic rings. The van der Waals surface area contributed by atoms with Crippen molar-refractivity contribution in [3.8, 4) is 5.88 Å². The fourth-order valence-corrected chi connectivity index (χ4v) is 1.06. The Balaban J connectivity index is 3.16. The number of hydrogen-bond acceptors (Lipinski definition) is 6. The van der Waals surface area contributed by atoms with Gasteiger partial charge in [-0.3, -0.25) is 10.1 Å². The molecule has 1 aromatic heterocycles. The van der Waals surface area contributed by atoms with E-state index in [1.165, 1.54) is 7.11 Å². The van der Waals surface area contributed by atoms with Crippen LogP contribution >= 0.6 is 0 Å². The molecule has 0 aliphatic heterocycles. The second-order valence-electron chi connectivity index (χ2n) is 2.73. The lowest BCUT2D eigenvalue weighted by atomic mass is 10.2. The van der Waals surface area contributed by atoms with Gasteiger partial charge in [-0.05, 0) is 6.92 Å². The number of methoxy groups -OCH3 is 1. The molecular formula is C9H10N2O5. The van der Waals surface area contributed by atoms with Gasteiger partial charge in [0.15, 0.2) is 0 Å². The summed E-state index contributed by atoms with van der Waals surface area (Å²) in [5.74, 6) is -0.695. The first-order chi connectivity index (χ1) is 7.60. The summed E-state index contributed by atoms with van der Waals surface area (Å²) in [6.45, 7) is 1.81. The Kier molecular flexibility index (Phi) is 3.76. The van der Waals surface area contributed by atoms with E-state index in [2.05, 4.69) is 4.98 Å². The molecule has 0 aromatic carbocycles. The number of pyridine rings is 1. The first kappa shape index (κ1) is 11.9. The van der Waals surface area contributed by atoms with Gasteiger partial charge in [-0.25, -0.2) is 9.78 Å². The average Bonchev–Trinajstić information content (AvgIpc) is 2.28. The van der Waals surface area contributed by atoms with Gasteiger partial charge in [0.2, 0.25) is 5.88 Å². The van der Waals surface area contributed by atoms with Crippen LogP contribution in [0, 0.1) is 10.1 Å². The average molecular weight is 226 g/mol. The highest BCUT2D eigenvalue weighted by Crippen LogP contribution is 2.21. The first-order valence-electron chi connectivity index (χ1n) is 4.45. The van der Waals surface area contributed by atoms with Gasteiger partial charge in [0, 0.05) is 6.07 Å². The number of carbonyl (C=O) groups is 1. The van der Waals surface area contributed by atoms with Crippen molar-refractivity contribution < 1.29 is 19.2 Å². The van der Waals surface area contributed by atoms with E-state index in [0.29, 0.717) is 0 Å². The summed E-state index contributed by atoms with van der Waals surface area (Å²) < 4.78 is 9.54. The van der Waals surface area contributed by atoms with Gasteiger partial charge in [0.1, 0.15) is 11.8 Å². The molecule has 1 aromatic rings. The van der Waals surface area contributed by atoms with Gasteiger partial charge in [0.25, 0.3) is 5.69 Å². The molecule has 0 radical (unpaired) electrons. The summed E-state index contributed by atoms with van der Waals surface area (Å²) in [6.07, 6.45) is 1.02. The van der Waals surface area contributed by atoms with Crippen LogP contribution in [0.5, 0.6) is 5.88 Å². The fraction of sp³-hybridized carbons (Fsp3) is 0.333. The molecular weight excluding hydrogens is 216 g/mol. The van der Waals surface area contributed by atoms with E-state index in [0.717, 1.165) is 12.3 Å². The molecule has 16 heavy (non-hydrogen) atoms. The van der Waals surface area contributed by atoms with Gasteiger partial charge < -0.3 is 9.47 Å². The third kappa shape index (κ3) is 2.44. The van der Waals surface area contributed by atoms with Crippen molar-refractivity contribution in [1.82, 2.24) is 4.98 Å². The number of ether oxygens (including phenoxy) is 2. The van der Waals surface area contributed by atoms with Crippen LogP contribution in [0.2, 0.25) is 0 Å². The number of rotatable bonds is 4. The molecule has 0 atom stereocenters. The van der Waals surface area contributed by atoms with E-state index >= 15 is 0 Å². The molecule has 0 N–H and O–H groups in total. The maximum absolute atomic E-state index is 11.4. The van der Waals surface area contributed by atoms with E-state index in [1.807, 2.05) is 0 Å². The lowest BCUT2D eigenvalue weighted by Crippen LogP contribution is -2.08. The second kappa shape index (κ2) is 5.06. The van der Waals surface area contributed by atoms with Crippen molar-refractivity contribution in [3.05, 3.63) is 27.9 Å². The van der Waals surface area contributed by atoms with E-state index in [9.17, 15) is 14.9 Å². The van der Waals surface area contributed by atoms with E-state index in [-0.39, 0.29) is 23.7 Å². The molecule has 1 heterocycles. The van der Waals surface area contributed by atoms with E-state index in [4.69, 9.17) is 9.47 Å². The molecule has 0 unspecified atom stereocenters. The fourth-order valence-electron chi connectivity index (χ4n) is 1.06. The van der Waals surface area contributed by atoms with Gasteiger partial charge >= 0.3 is 5.97 Å². The Bertz CT molecular complexity index is 418. The molecule has 0 amide bonds. The summed E-state index contributed by atoms with van der Waals surface area (Å²) in [7, 11) is 1.32. The van der Waals surface area contributed by atoms with Gasteiger partial charge in [0.05, 0.1) is 18.6 Å². The summed E-state index contributed by atoms with van der Waals surface area (Å²) in [5, 5.41) is 10.5. The molecule has 1 rings (SSSR count). The SMILES string of the molecule is CCOC(=O)c1cc([N+](=O)[O-])cnc1OC. The minimum absolute atomic E-state index is 0.00375. The highest BCUT2D eigenvalue weighted by Gasteiger charge is 2.19. The van der Waals surface area contributed by atoms with Crippen LogP contribution in [-0.2, 0) is 4.74 Å². The van der Waals surface area contributed by atoms with Crippen LogP contribution in [0.25, 0.3) is 0 Å². The van der Waals surface area contributed by atoms with E-state index < -0.39 is 10.9 Å². The number of hydrogen-bond donors (Lipinski definition) is 0. The maximum Gasteiger partial charge on any atom is 0.343 e. The standard InChI is InChI=1S/C9H10N2O5/c1-3-16-9(12)7-4-6(11(13)14)5-10-8(7)15-2/h4-5H,3H2,1-2H3. The van der Waals surface area contributed by atoms with Gasteiger partial charge in [-0.15, -0.1) is 0 Å². The monoisotopic (exact) mass is 226 g/mol. The highest BCUT2D eigenvalue weighted by molar-refractivity contribution is 5.92. The quantitative estimate of drug-likeness (QED) is 0.434. The molecule has 7 heteroatoms. The molecule has 0 spiro atoms. The van der Waals surface area contributed by atoms with Crippen molar-refractivity contribution in [2.24, 2.45) is 0 Å². The molecule has 86 valence electrons. The topological polar surface area (TPSA) is 91.6 Å². The summed E-state index contributed by atoms with van der Waals surface area (Å²) >= 11 is 0. The number of esters is 1. The normalized spacial score (nSPS) is 9.62. The van der Waals surface area contributed by atoms with Crippen molar-refractivity contribution in [2.45, 2.75) is 6.92 Å². The first-order valence-corrected chi connectivity index (χ1v) is 4.45. The minimum atomic E-state index is -0.699. The van der Waals surface area contributed by atoms with Crippen molar-refractivity contribution in [3.63, 3.8) is 0 Å². The Hall–Kier alpha value is -2.18. The third-order valence-electron chi connectivity index (χ3n) is 1.74. The summed E-state index contributed by atoms with van der Waals surface area (Å²) in [4.78, 5) is 25.0. The molecule has 0 bridgehead atoms. The Morgan fingerprint density at radius 1 is 1.62 bits per heavy atom. The number of carbonyl (C=O) groups excluding carboxylic acids is 1. The van der Waals surface area contributed by atoms with Gasteiger partial charge in [-0.1, -0.05) is 0 Å². The van der Waals surface area contributed by atoms with Crippen molar-refractivity contribution in [1.29, 1.82) is 0 Å². The van der Waals surface area contributed by atoms with Crippen LogP contribution in [-0.4, -0.2) is 29.6 Å². The Morgan fingerprint density at radius 2 is 2.31 bits per heavy atom. The van der Waals surface area contributed by atoms with E-state index in [1.54, 1.807) is 6.92 Å². The second-order valence-corrected chi connectivity index (χ2v) is 2.73. The van der Waals surface area contributed by atoms with Crippen LogP contribution in [0.1, 0.15) is 17.3 Å². The zero-order chi connectivity index (χ0) is 12.1. The lowest BCUT2D eigenvalue weighted by molar-refractivity contribution is -0.385. The largest absolute Gasteiger partial charge is 0.480 e. The van der Waals surface area contributed by atoms with Crippen LogP contribution < -0.4 is 4.74 Å². The van der Waals surface area contributed by atoms with Gasteiger partial charge in [-0.2, -0.15) is 0 Å². The summed E-state index contributed by atoms with van der Waals surface area (Å²) in [5.41, 5.74) is -0.345. The number of nitro groups is 1. The molecule has 0 aliphatic carbocycles. The van der Waals surface area contributed by atoms with Crippen molar-refractivity contribution in [2.75, 3.05) is 13.7 Å². The highest BCUT2D eigenvalue weighted by atomic mass is 16.6. The minimum Gasteiger partial charge on any atom is -0.480 e. The molecule has 7 nitrogen and oxygen atoms in total. The third-order valence-corrected chi connectivity index (χ3v) is 1.74. The maximum atomic E-state index is 11.4. The van der Waals surface area contributed by atoms with Crippen molar-refractivity contribution >= 4 is 11.7 Å². The predicted molar refractivity (Wildman–Crippen MR) is 53.4 cm³/mol. The van der Waals surface area contributed by atoms with Crippen LogP contribution in [0.4, 0.5) is 5.69 Å². The number of nitrogens with zero attached hydrogens (tertiary/aromatic N) is 2. The Morgan fingerprint density at radius 3 is 2.81 bits per heavy atom. The summed E-state index contributed by atoms with van der Waals surface area (Å²) in [6, 6.07) is 1.07.